The zero-order valence-corrected chi connectivity index (χ0v) is 14.1. The molecule has 0 amide bonds. The average Bonchev–Trinajstić information content (AvgIpc) is 2.99. The molecule has 0 saturated carbocycles. The number of aromatic hydroxyl groups is 1. The lowest BCUT2D eigenvalue weighted by Crippen LogP contribution is -1.78. The summed E-state index contributed by atoms with van der Waals surface area (Å²) in [7, 11) is 0. The van der Waals surface area contributed by atoms with Gasteiger partial charge in [0.25, 0.3) is 0 Å². The zero-order chi connectivity index (χ0) is 17.9. The second kappa shape index (κ2) is 7.14. The van der Waals surface area contributed by atoms with Crippen molar-refractivity contribution in [1.29, 1.82) is 0 Å². The molecule has 0 unspecified atom stereocenters. The first-order chi connectivity index (χ1) is 12.8. The quantitative estimate of drug-likeness (QED) is 0.177. The lowest BCUT2D eigenvalue weighted by molar-refractivity contribution is -0.432. The van der Waals surface area contributed by atoms with Crippen LogP contribution >= 0.6 is 12.0 Å². The summed E-state index contributed by atoms with van der Waals surface area (Å²) in [5.74, 6) is -0.0783. The van der Waals surface area contributed by atoms with Gasteiger partial charge in [-0.1, -0.05) is 41.4 Å². The van der Waals surface area contributed by atoms with E-state index in [2.05, 4.69) is 24.6 Å². The standard InChI is InChI=1S/C18H13N3O4S/c22-18-17(14-10-12(26-25-24-23)8-9-15(14)19-18)21-20-16-7-3-5-11-4-1-2-6-13(11)16/h1-10,19,22-23H. The number of aromatic amines is 1. The van der Waals surface area contributed by atoms with Crippen LogP contribution in [-0.4, -0.2) is 15.3 Å². The summed E-state index contributed by atoms with van der Waals surface area (Å²) >= 11 is 0.830. The van der Waals surface area contributed by atoms with E-state index in [1.165, 1.54) is 0 Å². The third-order valence-corrected chi connectivity index (χ3v) is 4.48. The Balaban J connectivity index is 1.76. The summed E-state index contributed by atoms with van der Waals surface area (Å²) in [6, 6.07) is 18.9. The number of nitrogens with zero attached hydrogens (tertiary/aromatic N) is 2. The third kappa shape index (κ3) is 3.14. The normalized spacial score (nSPS) is 11.7. The van der Waals surface area contributed by atoms with Gasteiger partial charge < -0.3 is 10.1 Å². The van der Waals surface area contributed by atoms with E-state index in [4.69, 9.17) is 5.26 Å². The summed E-state index contributed by atoms with van der Waals surface area (Å²) in [5.41, 5.74) is 1.73. The molecule has 0 fully saturated rings. The number of fused-ring (bicyclic) bond motifs is 2. The molecule has 0 aliphatic rings. The summed E-state index contributed by atoms with van der Waals surface area (Å²) in [6.45, 7) is 0. The fraction of sp³-hybridized carbons (Fsp3) is 0. The highest BCUT2D eigenvalue weighted by Crippen LogP contribution is 2.39. The first kappa shape index (κ1) is 16.6. The van der Waals surface area contributed by atoms with Gasteiger partial charge in [0.15, 0.2) is 5.69 Å². The van der Waals surface area contributed by atoms with E-state index in [-0.39, 0.29) is 5.88 Å². The molecule has 4 aromatic rings. The van der Waals surface area contributed by atoms with Gasteiger partial charge in [-0.3, -0.25) is 0 Å². The van der Waals surface area contributed by atoms with Gasteiger partial charge in [0.1, 0.15) is 0 Å². The maximum Gasteiger partial charge on any atom is 0.218 e. The van der Waals surface area contributed by atoms with Crippen molar-refractivity contribution in [2.75, 3.05) is 0 Å². The van der Waals surface area contributed by atoms with Crippen LogP contribution in [0.15, 0.2) is 75.8 Å². The number of benzene rings is 3. The Kier molecular flexibility index (Phi) is 4.55. The highest BCUT2D eigenvalue weighted by molar-refractivity contribution is 7.94. The fourth-order valence-corrected chi connectivity index (χ4v) is 3.15. The van der Waals surface area contributed by atoms with E-state index in [1.54, 1.807) is 18.2 Å². The number of hydrogen-bond donors (Lipinski definition) is 3. The van der Waals surface area contributed by atoms with Gasteiger partial charge >= 0.3 is 0 Å². The molecular weight excluding hydrogens is 354 g/mol. The summed E-state index contributed by atoms with van der Waals surface area (Å²) in [4.78, 5) is 3.51. The fourth-order valence-electron chi connectivity index (χ4n) is 2.75. The molecule has 0 aliphatic heterocycles. The number of azo groups is 1. The van der Waals surface area contributed by atoms with E-state index in [9.17, 15) is 5.11 Å². The molecule has 0 bridgehead atoms. The number of hydrogen-bond acceptors (Lipinski definition) is 7. The van der Waals surface area contributed by atoms with E-state index < -0.39 is 0 Å². The second-order valence-corrected chi connectivity index (χ2v) is 6.23. The van der Waals surface area contributed by atoms with Crippen LogP contribution in [0.1, 0.15) is 0 Å². The Labute approximate surface area is 152 Å². The van der Waals surface area contributed by atoms with E-state index >= 15 is 0 Å². The van der Waals surface area contributed by atoms with E-state index in [1.807, 2.05) is 42.5 Å². The van der Waals surface area contributed by atoms with Gasteiger partial charge in [-0.15, -0.1) is 14.6 Å². The monoisotopic (exact) mass is 367 g/mol. The zero-order valence-electron chi connectivity index (χ0n) is 13.3. The topological polar surface area (TPSA) is 99.4 Å². The van der Waals surface area contributed by atoms with Gasteiger partial charge in [-0.2, -0.15) is 0 Å². The van der Waals surface area contributed by atoms with Gasteiger partial charge in [0.2, 0.25) is 5.88 Å². The smallest absolute Gasteiger partial charge is 0.218 e. The molecule has 1 heterocycles. The molecule has 4 rings (SSSR count). The molecule has 0 saturated heterocycles. The van der Waals surface area contributed by atoms with Crippen molar-refractivity contribution in [2.24, 2.45) is 10.2 Å². The lowest BCUT2D eigenvalue weighted by Gasteiger charge is -2.00. The van der Waals surface area contributed by atoms with Crippen molar-refractivity contribution in [3.05, 3.63) is 60.7 Å². The van der Waals surface area contributed by atoms with Crippen molar-refractivity contribution in [2.45, 2.75) is 4.90 Å². The van der Waals surface area contributed by atoms with Crippen molar-refractivity contribution in [3.8, 4) is 5.88 Å². The Morgan fingerprint density at radius 1 is 0.923 bits per heavy atom. The van der Waals surface area contributed by atoms with Crippen LogP contribution < -0.4 is 0 Å². The van der Waals surface area contributed by atoms with Crippen LogP contribution in [0.25, 0.3) is 21.7 Å². The molecule has 0 spiro atoms. The third-order valence-electron chi connectivity index (χ3n) is 3.91. The van der Waals surface area contributed by atoms with Gasteiger partial charge in [0, 0.05) is 15.7 Å². The number of rotatable bonds is 5. The molecule has 0 atom stereocenters. The first-order valence-corrected chi connectivity index (χ1v) is 8.39. The second-order valence-electron chi connectivity index (χ2n) is 5.45. The van der Waals surface area contributed by atoms with Crippen molar-refractivity contribution >= 4 is 45.1 Å². The molecular formula is C18H13N3O4S. The minimum Gasteiger partial charge on any atom is -0.493 e. The van der Waals surface area contributed by atoms with E-state index in [0.717, 1.165) is 22.8 Å². The van der Waals surface area contributed by atoms with Crippen molar-refractivity contribution in [1.82, 2.24) is 4.98 Å². The molecule has 8 heteroatoms. The molecule has 0 radical (unpaired) electrons. The molecule has 1 aromatic heterocycles. The summed E-state index contributed by atoms with van der Waals surface area (Å²) in [6.07, 6.45) is 0. The molecule has 26 heavy (non-hydrogen) atoms. The van der Waals surface area contributed by atoms with Crippen LogP contribution in [0, 0.1) is 0 Å². The van der Waals surface area contributed by atoms with Crippen LogP contribution in [-0.2, 0) is 9.37 Å². The Morgan fingerprint density at radius 3 is 2.65 bits per heavy atom. The van der Waals surface area contributed by atoms with Gasteiger partial charge in [-0.25, -0.2) is 5.26 Å². The highest BCUT2D eigenvalue weighted by atomic mass is 32.2. The maximum atomic E-state index is 10.2. The van der Waals surface area contributed by atoms with E-state index in [0.29, 0.717) is 27.2 Å². The minimum atomic E-state index is -0.0783. The number of aromatic nitrogens is 1. The molecule has 0 aliphatic carbocycles. The maximum absolute atomic E-state index is 10.2. The van der Waals surface area contributed by atoms with Crippen LogP contribution in [0.3, 0.4) is 0 Å². The Bertz CT molecular complexity index is 1100. The van der Waals surface area contributed by atoms with Gasteiger partial charge in [0.05, 0.1) is 23.2 Å². The SMILES string of the molecule is OOOSc1ccc2[nH]c(O)c(N=Nc3cccc4ccccc34)c2c1. The first-order valence-electron chi connectivity index (χ1n) is 7.65. The Hall–Kier alpha value is -2.91. The average molecular weight is 367 g/mol. The largest absolute Gasteiger partial charge is 0.493 e. The van der Waals surface area contributed by atoms with Gasteiger partial charge in [-0.05, 0) is 29.7 Å². The lowest BCUT2D eigenvalue weighted by atomic mass is 10.1. The summed E-state index contributed by atoms with van der Waals surface area (Å²) < 4.78 is 4.44. The molecule has 7 nitrogen and oxygen atoms in total. The summed E-state index contributed by atoms with van der Waals surface area (Å²) in [5, 5.41) is 33.3. The highest BCUT2D eigenvalue weighted by Gasteiger charge is 2.12. The predicted octanol–water partition coefficient (Wildman–Crippen LogP) is 5.87. The molecule has 3 N–H and O–H groups in total. The van der Waals surface area contributed by atoms with Crippen LogP contribution in [0.2, 0.25) is 0 Å². The van der Waals surface area contributed by atoms with Crippen molar-refractivity contribution < 1.29 is 19.7 Å². The van der Waals surface area contributed by atoms with Crippen LogP contribution in [0.5, 0.6) is 5.88 Å². The predicted molar refractivity (Wildman–Crippen MR) is 98.7 cm³/mol. The molecule has 130 valence electrons. The number of H-pyrrole nitrogens is 1. The molecule has 3 aromatic carbocycles. The Morgan fingerprint density at radius 2 is 1.77 bits per heavy atom. The minimum absolute atomic E-state index is 0.0783. The number of nitrogens with one attached hydrogen (secondary N) is 1. The van der Waals surface area contributed by atoms with Crippen molar-refractivity contribution in [3.63, 3.8) is 0 Å². The van der Waals surface area contributed by atoms with Crippen LogP contribution in [0.4, 0.5) is 11.4 Å².